The van der Waals surface area contributed by atoms with Gasteiger partial charge in [-0.05, 0) is 139 Å². The number of hydrogen-bond donors (Lipinski definition) is 0. The van der Waals surface area contributed by atoms with Crippen LogP contribution in [0.5, 0.6) is 28.7 Å². The summed E-state index contributed by atoms with van der Waals surface area (Å²) in [5.74, 6) is 3.84. The van der Waals surface area contributed by atoms with Crippen LogP contribution >= 0.6 is 11.8 Å². The molecule has 0 spiro atoms. The molecule has 0 aliphatic carbocycles. The van der Waals surface area contributed by atoms with Crippen molar-refractivity contribution in [2.45, 2.75) is 81.6 Å². The van der Waals surface area contributed by atoms with Gasteiger partial charge >= 0.3 is 0 Å². The molecule has 0 radical (unpaired) electrons. The third kappa shape index (κ3) is 9.45. The van der Waals surface area contributed by atoms with Crippen LogP contribution in [-0.4, -0.2) is 5.60 Å². The van der Waals surface area contributed by atoms with E-state index in [2.05, 4.69) is 120 Å². The monoisotopic (exact) mass is 692 g/mol. The fourth-order valence-corrected chi connectivity index (χ4v) is 6.65. The van der Waals surface area contributed by atoms with Crippen molar-refractivity contribution in [1.29, 1.82) is 0 Å². The average Bonchev–Trinajstić information content (AvgIpc) is 3.10. The molecule has 0 N–H and O–H groups in total. The minimum absolute atomic E-state index is 0.0774. The first-order chi connectivity index (χ1) is 24.2. The molecule has 0 amide bonds. The molecule has 51 heavy (non-hydrogen) atoms. The molecule has 6 aromatic carbocycles. The Bertz CT molecular complexity index is 2010. The molecule has 4 heteroatoms. The van der Waals surface area contributed by atoms with E-state index in [0.29, 0.717) is 0 Å². The van der Waals surface area contributed by atoms with Gasteiger partial charge in [0.1, 0.15) is 34.3 Å². The first-order valence-electron chi connectivity index (χ1n) is 17.6. The maximum Gasteiger partial charge on any atom is 0.127 e. The zero-order valence-corrected chi connectivity index (χ0v) is 31.8. The lowest BCUT2D eigenvalue weighted by molar-refractivity contribution is 0.131. The average molecular weight is 693 g/mol. The maximum atomic E-state index is 6.11. The predicted octanol–water partition coefficient (Wildman–Crippen LogP) is 13.9. The van der Waals surface area contributed by atoms with Gasteiger partial charge in [0.05, 0.1) is 0 Å². The van der Waals surface area contributed by atoms with E-state index in [-0.39, 0.29) is 16.4 Å². The molecule has 6 aromatic rings. The van der Waals surface area contributed by atoms with Crippen molar-refractivity contribution in [3.63, 3.8) is 0 Å². The fraction of sp³-hybridized carbons (Fsp3) is 0.234. The molecule has 0 saturated carbocycles. The third-order valence-electron chi connectivity index (χ3n) is 8.87. The van der Waals surface area contributed by atoms with Crippen molar-refractivity contribution in [2.75, 3.05) is 0 Å². The molecule has 0 aromatic heterocycles. The predicted molar refractivity (Wildman–Crippen MR) is 213 cm³/mol. The van der Waals surface area contributed by atoms with Crippen molar-refractivity contribution in [2.24, 2.45) is 0 Å². The van der Waals surface area contributed by atoms with Crippen molar-refractivity contribution in [1.82, 2.24) is 0 Å². The molecular weight excluding hydrogens is 645 g/mol. The lowest BCUT2D eigenvalue weighted by Crippen LogP contribution is -2.22. The summed E-state index contributed by atoms with van der Waals surface area (Å²) in [5, 5.41) is 0. The molecule has 3 nitrogen and oxygen atoms in total. The lowest BCUT2D eigenvalue weighted by atomic mass is 9.76. The Kier molecular flexibility index (Phi) is 10.4. The number of benzene rings is 6. The van der Waals surface area contributed by atoms with Crippen LogP contribution in [-0.2, 0) is 10.8 Å². The maximum absolute atomic E-state index is 6.11. The van der Waals surface area contributed by atoms with E-state index in [1.165, 1.54) is 32.7 Å². The number of hydrogen-bond acceptors (Lipinski definition) is 4. The van der Waals surface area contributed by atoms with Crippen LogP contribution in [0.3, 0.4) is 0 Å². The Hall–Kier alpha value is -4.93. The summed E-state index contributed by atoms with van der Waals surface area (Å²) in [6, 6.07) is 50.4. The van der Waals surface area contributed by atoms with Gasteiger partial charge in [-0.3, -0.25) is 0 Å². The minimum atomic E-state index is -0.238. The Morgan fingerprint density at radius 1 is 0.353 bits per heavy atom. The Balaban J connectivity index is 1.01. The molecular formula is C47H48O3S. The van der Waals surface area contributed by atoms with Gasteiger partial charge in [0.2, 0.25) is 0 Å². The largest absolute Gasteiger partial charge is 0.488 e. The Labute approximate surface area is 308 Å². The molecule has 260 valence electrons. The van der Waals surface area contributed by atoms with Crippen LogP contribution in [0.15, 0.2) is 155 Å². The van der Waals surface area contributed by atoms with E-state index in [1.54, 1.807) is 11.8 Å². The molecule has 6 rings (SSSR count). The van der Waals surface area contributed by atoms with E-state index in [4.69, 9.17) is 14.2 Å². The van der Waals surface area contributed by atoms with E-state index >= 15 is 0 Å². The van der Waals surface area contributed by atoms with Gasteiger partial charge in [-0.1, -0.05) is 107 Å². The van der Waals surface area contributed by atoms with Crippen molar-refractivity contribution in [3.05, 3.63) is 162 Å². The van der Waals surface area contributed by atoms with Gasteiger partial charge in [0.25, 0.3) is 0 Å². The van der Waals surface area contributed by atoms with Crippen molar-refractivity contribution in [3.8, 4) is 39.9 Å². The van der Waals surface area contributed by atoms with Gasteiger partial charge in [-0.2, -0.15) is 0 Å². The highest BCUT2D eigenvalue weighted by atomic mass is 32.2. The van der Waals surface area contributed by atoms with E-state index in [9.17, 15) is 0 Å². The molecule has 0 bridgehead atoms. The SMILES string of the molecule is CC(C)(C)Oc1ccc(Oc2ccc(Oc3ccc(Sc4ccc(-c5ccc(C(C)(C)c6ccc(C(C)(C)C)cc6)cc5)cc4)cc3)cc2)cc1. The van der Waals surface area contributed by atoms with E-state index in [1.807, 2.05) is 81.4 Å². The van der Waals surface area contributed by atoms with Crippen LogP contribution in [0.25, 0.3) is 11.1 Å². The van der Waals surface area contributed by atoms with Crippen LogP contribution in [0.2, 0.25) is 0 Å². The number of ether oxygens (including phenoxy) is 3. The van der Waals surface area contributed by atoms with Crippen LogP contribution < -0.4 is 14.2 Å². The van der Waals surface area contributed by atoms with Crippen molar-refractivity contribution < 1.29 is 14.2 Å². The van der Waals surface area contributed by atoms with Gasteiger partial charge in [-0.15, -0.1) is 0 Å². The minimum Gasteiger partial charge on any atom is -0.488 e. The molecule has 0 fully saturated rings. The van der Waals surface area contributed by atoms with Gasteiger partial charge in [0.15, 0.2) is 0 Å². The van der Waals surface area contributed by atoms with Gasteiger partial charge in [-0.25, -0.2) is 0 Å². The second kappa shape index (κ2) is 14.7. The molecule has 0 atom stereocenters. The topological polar surface area (TPSA) is 27.7 Å². The van der Waals surface area contributed by atoms with E-state index < -0.39 is 0 Å². The highest BCUT2D eigenvalue weighted by Crippen LogP contribution is 2.36. The smallest absolute Gasteiger partial charge is 0.127 e. The highest BCUT2D eigenvalue weighted by Gasteiger charge is 2.24. The fourth-order valence-electron chi connectivity index (χ4n) is 5.84. The Morgan fingerprint density at radius 3 is 1.06 bits per heavy atom. The highest BCUT2D eigenvalue weighted by molar-refractivity contribution is 7.99. The van der Waals surface area contributed by atoms with Gasteiger partial charge < -0.3 is 14.2 Å². The summed E-state index contributed by atoms with van der Waals surface area (Å²) in [4.78, 5) is 2.34. The summed E-state index contributed by atoms with van der Waals surface area (Å²) in [7, 11) is 0. The first kappa shape index (κ1) is 35.9. The molecule has 0 unspecified atom stereocenters. The zero-order valence-electron chi connectivity index (χ0n) is 31.0. The summed E-state index contributed by atoms with van der Waals surface area (Å²) in [6.07, 6.45) is 0. The summed E-state index contributed by atoms with van der Waals surface area (Å²) >= 11 is 1.74. The zero-order chi connectivity index (χ0) is 36.2. The second-order valence-electron chi connectivity index (χ2n) is 15.5. The summed E-state index contributed by atoms with van der Waals surface area (Å²) < 4.78 is 18.0. The van der Waals surface area contributed by atoms with Gasteiger partial charge in [0, 0.05) is 15.2 Å². The van der Waals surface area contributed by atoms with E-state index in [0.717, 1.165) is 33.6 Å². The molecule has 0 saturated heterocycles. The molecule has 0 aliphatic heterocycles. The molecule has 0 heterocycles. The van der Waals surface area contributed by atoms with Crippen molar-refractivity contribution >= 4 is 11.8 Å². The van der Waals surface area contributed by atoms with Crippen LogP contribution in [0.4, 0.5) is 0 Å². The first-order valence-corrected chi connectivity index (χ1v) is 18.4. The standard InChI is InChI=1S/C47H48O3S/c1-45(2,3)35-15-17-37(18-16-35)47(7,8)36-13-9-33(10-14-36)34-11-29-43(30-12-34)51-44-31-27-41(28-32-44)49-39-21-19-38(20-22-39)48-40-23-25-42(26-24-40)50-46(4,5)6/h9-32H,1-8H3. The molecule has 0 aliphatic rings. The quantitative estimate of drug-likeness (QED) is 0.143. The summed E-state index contributed by atoms with van der Waals surface area (Å²) in [5.41, 5.74) is 6.27. The lowest BCUT2D eigenvalue weighted by Gasteiger charge is -2.28. The second-order valence-corrected chi connectivity index (χ2v) is 16.6. The van der Waals surface area contributed by atoms with Crippen LogP contribution in [0, 0.1) is 0 Å². The number of rotatable bonds is 10. The van der Waals surface area contributed by atoms with Crippen LogP contribution in [0.1, 0.15) is 72.1 Å². The normalized spacial score (nSPS) is 12.0. The summed E-state index contributed by atoms with van der Waals surface area (Å²) in [6.45, 7) is 17.5. The Morgan fingerprint density at radius 2 is 0.667 bits per heavy atom. The third-order valence-corrected chi connectivity index (χ3v) is 9.88.